The second kappa shape index (κ2) is 14.2. The Bertz CT molecular complexity index is 2050. The molecule has 247 valence electrons. The highest BCUT2D eigenvalue weighted by molar-refractivity contribution is 6.06. The lowest BCUT2D eigenvalue weighted by Crippen LogP contribution is -2.18. The lowest BCUT2D eigenvalue weighted by atomic mass is 9.90. The van der Waals surface area contributed by atoms with Gasteiger partial charge in [0.25, 0.3) is 5.91 Å². The van der Waals surface area contributed by atoms with Gasteiger partial charge in [-0.15, -0.1) is 0 Å². The Kier molecular flexibility index (Phi) is 9.27. The number of anilines is 1. The maximum atomic E-state index is 15.4. The number of amides is 1. The first-order valence-corrected chi connectivity index (χ1v) is 15.7. The van der Waals surface area contributed by atoms with E-state index < -0.39 is 18.5 Å². The number of nitrogens with zero attached hydrogens (tertiary/aromatic N) is 4. The van der Waals surface area contributed by atoms with Gasteiger partial charge in [-0.25, -0.2) is 19.3 Å². The summed E-state index contributed by atoms with van der Waals surface area (Å²) in [6.45, 7) is 0.401. The second-order valence-electron chi connectivity index (χ2n) is 11.4. The van der Waals surface area contributed by atoms with E-state index in [1.807, 2.05) is 66.7 Å². The Labute approximate surface area is 282 Å². The smallest absolute Gasteiger partial charge is 0.256 e. The van der Waals surface area contributed by atoms with Crippen molar-refractivity contribution < 1.29 is 28.1 Å². The summed E-state index contributed by atoms with van der Waals surface area (Å²) >= 11 is 0. The first-order chi connectivity index (χ1) is 24.0. The quantitative estimate of drug-likeness (QED) is 0.157. The first kappa shape index (κ1) is 31.9. The highest BCUT2D eigenvalue weighted by atomic mass is 19.1. The van der Waals surface area contributed by atoms with E-state index in [1.165, 1.54) is 23.6 Å². The van der Waals surface area contributed by atoms with Gasteiger partial charge < -0.3 is 24.3 Å². The largest absolute Gasteiger partial charge is 0.497 e. The molecule has 1 radical (unpaired) electrons. The molecule has 0 unspecified atom stereocenters. The van der Waals surface area contributed by atoms with Gasteiger partial charge in [0.1, 0.15) is 17.8 Å². The van der Waals surface area contributed by atoms with Crippen LogP contribution in [0.4, 0.5) is 10.2 Å². The van der Waals surface area contributed by atoms with Crippen molar-refractivity contribution in [1.82, 2.24) is 19.5 Å². The molecule has 11 heteroatoms. The van der Waals surface area contributed by atoms with Gasteiger partial charge >= 0.3 is 0 Å². The number of alkyl halides is 1. The van der Waals surface area contributed by atoms with Gasteiger partial charge in [-0.2, -0.15) is 0 Å². The predicted octanol–water partition coefficient (Wildman–Crippen LogP) is 7.09. The zero-order chi connectivity index (χ0) is 33.7. The van der Waals surface area contributed by atoms with Crippen LogP contribution in [-0.4, -0.2) is 58.5 Å². The van der Waals surface area contributed by atoms with E-state index in [0.717, 1.165) is 39.3 Å². The van der Waals surface area contributed by atoms with Gasteiger partial charge in [-0.05, 0) is 64.2 Å². The highest BCUT2D eigenvalue weighted by Crippen LogP contribution is 2.38. The molecule has 0 bridgehead atoms. The number of methoxy groups -OCH3 is 2. The van der Waals surface area contributed by atoms with E-state index in [2.05, 4.69) is 26.3 Å². The molecule has 6 aromatic rings. The summed E-state index contributed by atoms with van der Waals surface area (Å²) in [5.41, 5.74) is 6.19. The minimum absolute atomic E-state index is 0.131. The van der Waals surface area contributed by atoms with E-state index in [9.17, 15) is 4.79 Å². The second-order valence-corrected chi connectivity index (χ2v) is 11.4. The molecule has 0 spiro atoms. The van der Waals surface area contributed by atoms with E-state index in [1.54, 1.807) is 38.5 Å². The molecular formula is C38H33FN5O5. The summed E-state index contributed by atoms with van der Waals surface area (Å²) in [4.78, 5) is 25.6. The number of aromatic nitrogens is 4. The molecule has 3 heterocycles. The van der Waals surface area contributed by atoms with Crippen molar-refractivity contribution in [3.05, 3.63) is 127 Å². The van der Waals surface area contributed by atoms with Crippen LogP contribution >= 0.6 is 0 Å². The first-order valence-electron chi connectivity index (χ1n) is 15.7. The van der Waals surface area contributed by atoms with Gasteiger partial charge in [0.05, 0.1) is 39.9 Å². The maximum absolute atomic E-state index is 15.4. The van der Waals surface area contributed by atoms with Gasteiger partial charge in [0.15, 0.2) is 29.4 Å². The number of imidazole rings is 1. The molecule has 4 aromatic carbocycles. The minimum atomic E-state index is -1.45. The molecule has 1 aliphatic heterocycles. The number of hydrogen-bond acceptors (Lipinski definition) is 8. The number of nitrogens with one attached hydrogen (secondary N) is 1. The third-order valence-electron chi connectivity index (χ3n) is 8.36. The maximum Gasteiger partial charge on any atom is 0.256 e. The van der Waals surface area contributed by atoms with Crippen LogP contribution in [0.15, 0.2) is 110 Å². The van der Waals surface area contributed by atoms with E-state index in [0.29, 0.717) is 16.7 Å². The summed E-state index contributed by atoms with van der Waals surface area (Å²) in [6, 6.07) is 30.7. The van der Waals surface area contributed by atoms with Gasteiger partial charge in [0, 0.05) is 12.0 Å². The standard InChI is InChI=1S/C38H33FN5O5/c1-46-28-15-11-24(12-16-28)31-10-6-9-27(33(31)25-13-17-29(47-2)18-14-25)20-48-21-30-19-32(39)38(49-30)44-23-42-34-35(40-22-41-36(34)44)43-37(45)26-7-4-3-5-8-26/h3-19,22-23,30,32,38H,20-21H2,1-2H3,(H,40,41,43,45)/t30-,32-,38-/m1/s1. The minimum Gasteiger partial charge on any atom is -0.497 e. The van der Waals surface area contributed by atoms with Crippen molar-refractivity contribution in [3.63, 3.8) is 0 Å². The molecule has 10 nitrogen and oxygen atoms in total. The average molecular weight is 659 g/mol. The molecule has 3 atom stereocenters. The molecule has 0 saturated carbocycles. The Morgan fingerprint density at radius 3 is 2.29 bits per heavy atom. The fraction of sp³-hybridized carbons (Fsp3) is 0.184. The van der Waals surface area contributed by atoms with Crippen LogP contribution in [0.2, 0.25) is 0 Å². The number of hydrogen-bond donors (Lipinski definition) is 1. The van der Waals surface area contributed by atoms with Gasteiger partial charge in [-0.3, -0.25) is 9.36 Å². The molecule has 1 fully saturated rings. The summed E-state index contributed by atoms with van der Waals surface area (Å²) in [5, 5.41) is 2.77. The Morgan fingerprint density at radius 2 is 1.57 bits per heavy atom. The number of rotatable bonds is 11. The van der Waals surface area contributed by atoms with Crippen LogP contribution in [0.3, 0.4) is 0 Å². The van der Waals surface area contributed by atoms with Crippen molar-refractivity contribution in [2.24, 2.45) is 0 Å². The third kappa shape index (κ3) is 6.71. The number of halogens is 1. The number of fused-ring (bicyclic) bond motifs is 1. The summed E-state index contributed by atoms with van der Waals surface area (Å²) in [5.74, 6) is 1.42. The van der Waals surface area contributed by atoms with Crippen molar-refractivity contribution >= 4 is 22.9 Å². The molecule has 0 aliphatic carbocycles. The predicted molar refractivity (Wildman–Crippen MR) is 183 cm³/mol. The molecular weight excluding hydrogens is 625 g/mol. The summed E-state index contributed by atoms with van der Waals surface area (Å²) < 4.78 is 40.0. The zero-order valence-corrected chi connectivity index (χ0v) is 26.8. The third-order valence-corrected chi connectivity index (χ3v) is 8.36. The monoisotopic (exact) mass is 658 g/mol. The molecule has 1 N–H and O–H groups in total. The average Bonchev–Trinajstić information content (AvgIpc) is 3.75. The molecule has 1 aliphatic rings. The summed E-state index contributed by atoms with van der Waals surface area (Å²) in [7, 11) is 3.28. The molecule has 2 aromatic heterocycles. The molecule has 7 rings (SSSR count). The Balaban J connectivity index is 1.07. The molecule has 49 heavy (non-hydrogen) atoms. The zero-order valence-electron chi connectivity index (χ0n) is 26.8. The van der Waals surface area contributed by atoms with E-state index in [-0.39, 0.29) is 24.9 Å². The number of carbonyl (C=O) groups excluding carboxylic acids is 1. The topological polar surface area (TPSA) is 110 Å². The fourth-order valence-corrected chi connectivity index (χ4v) is 5.93. The van der Waals surface area contributed by atoms with Crippen molar-refractivity contribution in [2.75, 3.05) is 26.1 Å². The molecule has 1 amide bonds. The number of ether oxygens (including phenoxy) is 4. The van der Waals surface area contributed by atoms with Crippen LogP contribution < -0.4 is 14.8 Å². The Morgan fingerprint density at radius 1 is 0.857 bits per heavy atom. The summed E-state index contributed by atoms with van der Waals surface area (Å²) in [6.07, 6.45) is 1.14. The van der Waals surface area contributed by atoms with Gasteiger partial charge in [-0.1, -0.05) is 60.7 Å². The fourth-order valence-electron chi connectivity index (χ4n) is 5.93. The molecule has 1 saturated heterocycles. The van der Waals surface area contributed by atoms with Crippen LogP contribution in [0, 0.1) is 6.42 Å². The van der Waals surface area contributed by atoms with Gasteiger partial charge in [0.2, 0.25) is 0 Å². The van der Waals surface area contributed by atoms with Crippen LogP contribution in [0.5, 0.6) is 11.5 Å². The lowest BCUT2D eigenvalue weighted by molar-refractivity contribution is -0.0503. The van der Waals surface area contributed by atoms with Crippen molar-refractivity contribution in [2.45, 2.75) is 25.1 Å². The van der Waals surface area contributed by atoms with E-state index >= 15 is 4.39 Å². The lowest BCUT2D eigenvalue weighted by Gasteiger charge is -2.18. The van der Waals surface area contributed by atoms with Crippen molar-refractivity contribution in [3.8, 4) is 33.8 Å². The number of benzene rings is 4. The highest BCUT2D eigenvalue weighted by Gasteiger charge is 2.38. The van der Waals surface area contributed by atoms with E-state index in [4.69, 9.17) is 18.9 Å². The van der Waals surface area contributed by atoms with Crippen molar-refractivity contribution in [1.29, 1.82) is 0 Å². The van der Waals surface area contributed by atoms with Crippen LogP contribution in [0.1, 0.15) is 22.1 Å². The van der Waals surface area contributed by atoms with Crippen LogP contribution in [-0.2, 0) is 16.1 Å². The SMILES string of the molecule is COc1ccc(-c2cccc(COC[C@H]3[CH][C@@H](F)[C@H](n4cnc5c(NC(=O)c6ccccc6)ncnc54)O3)c2-c2ccc(OC)cc2)cc1. The normalized spacial score (nSPS) is 17.2. The number of carbonyl (C=O) groups is 1. The van der Waals surface area contributed by atoms with Crippen LogP contribution in [0.25, 0.3) is 33.4 Å². The Hall–Kier alpha value is -5.65.